The van der Waals surface area contributed by atoms with Crippen molar-refractivity contribution >= 4 is 61.8 Å². The molecule has 0 aliphatic rings. The number of halogens is 3. The first kappa shape index (κ1) is 14.7. The Morgan fingerprint density at radius 1 is 1.42 bits per heavy atom. The van der Waals surface area contributed by atoms with Gasteiger partial charge in [-0.1, -0.05) is 11.6 Å². The third kappa shape index (κ3) is 3.67. The van der Waals surface area contributed by atoms with Gasteiger partial charge in [-0.3, -0.25) is 4.79 Å². The van der Waals surface area contributed by atoms with Crippen LogP contribution in [0.5, 0.6) is 0 Å². The van der Waals surface area contributed by atoms with Crippen molar-refractivity contribution in [2.45, 2.75) is 6.92 Å². The fraction of sp³-hybridized carbons (Fsp3) is 0.0769. The van der Waals surface area contributed by atoms with Crippen molar-refractivity contribution in [3.8, 4) is 0 Å². The van der Waals surface area contributed by atoms with Crippen LogP contribution < -0.4 is 5.32 Å². The van der Waals surface area contributed by atoms with E-state index < -0.39 is 0 Å². The second-order valence-electron chi connectivity index (χ2n) is 3.90. The van der Waals surface area contributed by atoms with Gasteiger partial charge in [0.05, 0.1) is 5.02 Å². The zero-order chi connectivity index (χ0) is 14.0. The molecule has 2 rings (SSSR count). The molecule has 0 unspecified atom stereocenters. The van der Waals surface area contributed by atoms with Crippen LogP contribution in [0.25, 0.3) is 0 Å². The molecule has 1 N–H and O–H groups in total. The first-order valence-electron chi connectivity index (χ1n) is 5.36. The highest BCUT2D eigenvalue weighted by Crippen LogP contribution is 2.21. The fourth-order valence-electron chi connectivity index (χ4n) is 1.43. The molecular formula is C13H9BrClIN2O. The maximum atomic E-state index is 12.0. The minimum absolute atomic E-state index is 0.229. The molecule has 2 aromatic rings. The van der Waals surface area contributed by atoms with Crippen molar-refractivity contribution < 1.29 is 4.79 Å². The van der Waals surface area contributed by atoms with Gasteiger partial charge < -0.3 is 5.32 Å². The predicted molar refractivity (Wildman–Crippen MR) is 88.8 cm³/mol. The quantitative estimate of drug-likeness (QED) is 0.675. The van der Waals surface area contributed by atoms with Gasteiger partial charge in [0.25, 0.3) is 5.91 Å². The molecule has 0 atom stereocenters. The summed E-state index contributed by atoms with van der Waals surface area (Å²) in [5, 5.41) is 3.30. The Balaban J connectivity index is 2.20. The minimum atomic E-state index is -0.229. The van der Waals surface area contributed by atoms with E-state index in [1.54, 1.807) is 30.5 Å². The van der Waals surface area contributed by atoms with E-state index in [-0.39, 0.29) is 5.91 Å². The van der Waals surface area contributed by atoms with Crippen LogP contribution in [0.15, 0.2) is 34.9 Å². The summed E-state index contributed by atoms with van der Waals surface area (Å²) in [6.45, 7) is 1.93. The third-order valence-corrected chi connectivity index (χ3v) is 4.87. The number of benzene rings is 1. The number of pyridine rings is 1. The summed E-state index contributed by atoms with van der Waals surface area (Å²) in [5.41, 5.74) is 1.51. The Hall–Kier alpha value is -0.660. The highest BCUT2D eigenvalue weighted by atomic mass is 127. The van der Waals surface area contributed by atoms with Gasteiger partial charge in [-0.05, 0) is 75.3 Å². The summed E-state index contributed by atoms with van der Waals surface area (Å²) < 4.78 is 1.82. The monoisotopic (exact) mass is 450 g/mol. The largest absolute Gasteiger partial charge is 0.307 e. The zero-order valence-corrected chi connectivity index (χ0v) is 14.4. The van der Waals surface area contributed by atoms with Crippen molar-refractivity contribution in [3.63, 3.8) is 0 Å². The van der Waals surface area contributed by atoms with Gasteiger partial charge in [-0.15, -0.1) is 0 Å². The van der Waals surface area contributed by atoms with Crippen molar-refractivity contribution in [2.24, 2.45) is 0 Å². The van der Waals surface area contributed by atoms with E-state index >= 15 is 0 Å². The van der Waals surface area contributed by atoms with E-state index in [2.05, 4.69) is 48.8 Å². The Morgan fingerprint density at radius 2 is 2.16 bits per heavy atom. The summed E-state index contributed by atoms with van der Waals surface area (Å²) in [5.74, 6) is 0.285. The van der Waals surface area contributed by atoms with Gasteiger partial charge in [0.1, 0.15) is 5.82 Å². The van der Waals surface area contributed by atoms with Crippen LogP contribution in [0, 0.1) is 10.5 Å². The topological polar surface area (TPSA) is 42.0 Å². The van der Waals surface area contributed by atoms with Crippen LogP contribution in [-0.2, 0) is 0 Å². The summed E-state index contributed by atoms with van der Waals surface area (Å²) >= 11 is 11.5. The number of amides is 1. The number of nitrogens with zero attached hydrogens (tertiary/aromatic N) is 1. The molecule has 0 spiro atoms. The number of nitrogens with one attached hydrogen (secondary N) is 1. The zero-order valence-electron chi connectivity index (χ0n) is 9.88. The Kier molecular flexibility index (Phi) is 4.81. The lowest BCUT2D eigenvalue weighted by Gasteiger charge is -2.07. The normalized spacial score (nSPS) is 10.3. The molecule has 0 radical (unpaired) electrons. The van der Waals surface area contributed by atoms with Crippen LogP contribution in [0.1, 0.15) is 15.9 Å². The van der Waals surface area contributed by atoms with Gasteiger partial charge in [-0.2, -0.15) is 0 Å². The average molecular weight is 451 g/mol. The molecule has 0 aliphatic heterocycles. The highest BCUT2D eigenvalue weighted by Gasteiger charge is 2.09. The van der Waals surface area contributed by atoms with Gasteiger partial charge in [-0.25, -0.2) is 4.98 Å². The number of anilines is 1. The van der Waals surface area contributed by atoms with Gasteiger partial charge >= 0.3 is 0 Å². The first-order chi connectivity index (χ1) is 8.97. The Labute approximate surface area is 138 Å². The smallest absolute Gasteiger partial charge is 0.256 e. The van der Waals surface area contributed by atoms with Gasteiger partial charge in [0.15, 0.2) is 0 Å². The number of hydrogen-bond acceptors (Lipinski definition) is 2. The van der Waals surface area contributed by atoms with E-state index in [0.29, 0.717) is 16.4 Å². The summed E-state index contributed by atoms with van der Waals surface area (Å²) in [4.78, 5) is 16.2. The fourth-order valence-corrected chi connectivity index (χ4v) is 2.17. The van der Waals surface area contributed by atoms with E-state index in [9.17, 15) is 4.79 Å². The molecule has 0 fully saturated rings. The molecule has 1 amide bonds. The predicted octanol–water partition coefficient (Wildman–Crippen LogP) is 4.66. The van der Waals surface area contributed by atoms with Crippen LogP contribution in [-0.4, -0.2) is 10.9 Å². The third-order valence-electron chi connectivity index (χ3n) is 2.47. The second-order valence-corrected chi connectivity index (χ2v) is 6.33. The first-order valence-corrected chi connectivity index (χ1v) is 7.61. The van der Waals surface area contributed by atoms with E-state index in [0.717, 1.165) is 13.6 Å². The van der Waals surface area contributed by atoms with E-state index in [1.165, 1.54) is 0 Å². The lowest BCUT2D eigenvalue weighted by molar-refractivity contribution is 0.102. The molecule has 0 saturated heterocycles. The SMILES string of the molecule is Cc1cc(NC(=O)c2ccc(I)c(Cl)c2)ncc1Br. The molecule has 1 aromatic carbocycles. The van der Waals surface area contributed by atoms with Crippen molar-refractivity contribution in [1.29, 1.82) is 0 Å². The molecule has 1 aromatic heterocycles. The summed E-state index contributed by atoms with van der Waals surface area (Å²) in [6.07, 6.45) is 1.66. The molecule has 0 aliphatic carbocycles. The number of rotatable bonds is 2. The van der Waals surface area contributed by atoms with Crippen molar-refractivity contribution in [1.82, 2.24) is 4.98 Å². The molecule has 0 bridgehead atoms. The van der Waals surface area contributed by atoms with Crippen molar-refractivity contribution in [2.75, 3.05) is 5.32 Å². The number of carbonyl (C=O) groups excluding carboxylic acids is 1. The maximum Gasteiger partial charge on any atom is 0.256 e. The molecular weight excluding hydrogens is 442 g/mol. The molecule has 0 saturated carbocycles. The van der Waals surface area contributed by atoms with Crippen molar-refractivity contribution in [3.05, 3.63) is 54.7 Å². The van der Waals surface area contributed by atoms with E-state index in [4.69, 9.17) is 11.6 Å². The Bertz CT molecular complexity index is 649. The number of aryl methyl sites for hydroxylation is 1. The van der Waals surface area contributed by atoms with Gasteiger partial charge in [0, 0.05) is 19.8 Å². The lowest BCUT2D eigenvalue weighted by atomic mass is 10.2. The van der Waals surface area contributed by atoms with Crippen LogP contribution >= 0.6 is 50.1 Å². The van der Waals surface area contributed by atoms with Crippen LogP contribution in [0.4, 0.5) is 5.82 Å². The van der Waals surface area contributed by atoms with Crippen LogP contribution in [0.3, 0.4) is 0 Å². The number of hydrogen-bond donors (Lipinski definition) is 1. The number of carbonyl (C=O) groups is 1. The van der Waals surface area contributed by atoms with E-state index in [1.807, 2.05) is 6.92 Å². The molecule has 98 valence electrons. The standard InChI is InChI=1S/C13H9BrClIN2O/c1-7-4-12(17-6-9(7)14)18-13(19)8-2-3-11(16)10(15)5-8/h2-6H,1H3,(H,17,18,19). The molecule has 1 heterocycles. The molecule has 6 heteroatoms. The number of aromatic nitrogens is 1. The average Bonchev–Trinajstić information content (AvgIpc) is 2.37. The summed E-state index contributed by atoms with van der Waals surface area (Å²) in [7, 11) is 0. The lowest BCUT2D eigenvalue weighted by Crippen LogP contribution is -2.13. The summed E-state index contributed by atoms with van der Waals surface area (Å²) in [6, 6.07) is 6.98. The van der Waals surface area contributed by atoms with Crippen LogP contribution in [0.2, 0.25) is 5.02 Å². The second kappa shape index (κ2) is 6.19. The molecule has 3 nitrogen and oxygen atoms in total. The maximum absolute atomic E-state index is 12.0. The Morgan fingerprint density at radius 3 is 2.79 bits per heavy atom. The highest BCUT2D eigenvalue weighted by molar-refractivity contribution is 14.1. The van der Waals surface area contributed by atoms with Gasteiger partial charge in [0.2, 0.25) is 0 Å². The molecule has 19 heavy (non-hydrogen) atoms. The minimum Gasteiger partial charge on any atom is -0.307 e.